The Morgan fingerprint density at radius 3 is 2.85 bits per heavy atom. The Kier molecular flexibility index (Phi) is 3.53. The number of hydrogen-bond donors (Lipinski definition) is 1. The van der Waals surface area contributed by atoms with Crippen molar-refractivity contribution in [2.45, 2.75) is 38.6 Å². The molecule has 1 amide bonds. The molecular weight excluding hydrogens is 342 g/mol. The van der Waals surface area contributed by atoms with Crippen LogP contribution in [0.3, 0.4) is 0 Å². The van der Waals surface area contributed by atoms with E-state index in [1.807, 2.05) is 50.2 Å². The fraction of sp³-hybridized carbons (Fsp3) is 0.286. The molecule has 3 aromatic heterocycles. The van der Waals surface area contributed by atoms with Crippen LogP contribution in [-0.4, -0.2) is 16.0 Å². The van der Waals surface area contributed by atoms with Gasteiger partial charge in [0.15, 0.2) is 0 Å². The number of aromatic nitrogens is 2. The Hall–Kier alpha value is -3.15. The maximum atomic E-state index is 13.1. The molecule has 0 radical (unpaired) electrons. The minimum Gasteiger partial charge on any atom is -0.459 e. The Morgan fingerprint density at radius 1 is 1.26 bits per heavy atom. The Morgan fingerprint density at radius 2 is 2.07 bits per heavy atom. The summed E-state index contributed by atoms with van der Waals surface area (Å²) in [6.07, 6.45) is 2.20. The molecule has 0 unspecified atom stereocenters. The van der Waals surface area contributed by atoms with E-state index < -0.39 is 0 Å². The number of benzene rings is 1. The molecule has 136 valence electrons. The molecule has 1 atom stereocenters. The molecule has 1 N–H and O–H groups in total. The van der Waals surface area contributed by atoms with Gasteiger partial charge in [-0.3, -0.25) is 4.79 Å². The van der Waals surface area contributed by atoms with Gasteiger partial charge in [-0.25, -0.2) is 4.98 Å². The number of carbonyl (C=O) groups excluding carboxylic acids is 1. The number of hydrogen-bond acceptors (Lipinski definition) is 5. The summed E-state index contributed by atoms with van der Waals surface area (Å²) >= 11 is 0. The summed E-state index contributed by atoms with van der Waals surface area (Å²) in [6.45, 7) is 3.74. The lowest BCUT2D eigenvalue weighted by molar-refractivity contribution is 0.0937. The molecule has 1 saturated carbocycles. The van der Waals surface area contributed by atoms with Crippen molar-refractivity contribution in [3.8, 4) is 0 Å². The van der Waals surface area contributed by atoms with Crippen molar-refractivity contribution in [2.24, 2.45) is 0 Å². The van der Waals surface area contributed by atoms with Crippen molar-refractivity contribution in [1.82, 2.24) is 15.5 Å². The van der Waals surface area contributed by atoms with Gasteiger partial charge in [0, 0.05) is 17.0 Å². The van der Waals surface area contributed by atoms with Crippen molar-refractivity contribution in [3.05, 3.63) is 59.1 Å². The van der Waals surface area contributed by atoms with Crippen molar-refractivity contribution in [2.75, 3.05) is 0 Å². The minimum absolute atomic E-state index is 0.177. The van der Waals surface area contributed by atoms with Crippen LogP contribution in [0.4, 0.5) is 0 Å². The second kappa shape index (κ2) is 5.94. The lowest BCUT2D eigenvalue weighted by Crippen LogP contribution is -2.26. The number of fused-ring (bicyclic) bond motifs is 2. The van der Waals surface area contributed by atoms with Crippen molar-refractivity contribution < 1.29 is 13.7 Å². The highest BCUT2D eigenvalue weighted by Gasteiger charge is 2.29. The van der Waals surface area contributed by atoms with Gasteiger partial charge < -0.3 is 14.3 Å². The predicted octanol–water partition coefficient (Wildman–Crippen LogP) is 4.65. The Bertz CT molecular complexity index is 1140. The molecule has 1 aromatic carbocycles. The van der Waals surface area contributed by atoms with Crippen LogP contribution in [0.5, 0.6) is 0 Å². The van der Waals surface area contributed by atoms with E-state index in [2.05, 4.69) is 15.5 Å². The first-order valence-electron chi connectivity index (χ1n) is 9.16. The first-order valence-corrected chi connectivity index (χ1v) is 9.16. The van der Waals surface area contributed by atoms with Gasteiger partial charge in [-0.05, 0) is 44.9 Å². The molecule has 1 aliphatic carbocycles. The summed E-state index contributed by atoms with van der Waals surface area (Å²) in [6, 6.07) is 11.4. The molecule has 0 spiro atoms. The zero-order chi connectivity index (χ0) is 18.5. The smallest absolute Gasteiger partial charge is 0.259 e. The second-order valence-electron chi connectivity index (χ2n) is 7.20. The van der Waals surface area contributed by atoms with Crippen LogP contribution in [0, 0.1) is 6.92 Å². The van der Waals surface area contributed by atoms with Crippen LogP contribution in [0.25, 0.3) is 22.1 Å². The van der Waals surface area contributed by atoms with Crippen LogP contribution in [-0.2, 0) is 0 Å². The molecule has 1 aliphatic rings. The van der Waals surface area contributed by atoms with E-state index in [0.29, 0.717) is 28.3 Å². The number of para-hydroxylation sites is 1. The standard InChI is InChI=1S/C21H19N3O3/c1-11(18-9-14-5-3-4-6-17(14)26-18)22-20(25)15-10-16(13-7-8-13)23-21-19(15)12(2)24-27-21/h3-6,9-11,13H,7-8H2,1-2H3,(H,22,25)/t11-/m1/s1. The average molecular weight is 361 g/mol. The summed E-state index contributed by atoms with van der Waals surface area (Å²) < 4.78 is 11.2. The SMILES string of the molecule is Cc1noc2nc(C3CC3)cc(C(=O)N[C@H](C)c3cc4ccccc4o3)c12. The topological polar surface area (TPSA) is 81.2 Å². The van der Waals surface area contributed by atoms with Crippen LogP contribution in [0.2, 0.25) is 0 Å². The maximum Gasteiger partial charge on any atom is 0.259 e. The van der Waals surface area contributed by atoms with Crippen LogP contribution >= 0.6 is 0 Å². The van der Waals surface area contributed by atoms with Gasteiger partial charge in [-0.1, -0.05) is 23.4 Å². The van der Waals surface area contributed by atoms with Crippen LogP contribution < -0.4 is 5.32 Å². The van der Waals surface area contributed by atoms with Gasteiger partial charge in [0.25, 0.3) is 11.6 Å². The third-order valence-corrected chi connectivity index (χ3v) is 5.10. The lowest BCUT2D eigenvalue weighted by Gasteiger charge is -2.12. The van der Waals surface area contributed by atoms with Crippen molar-refractivity contribution in [3.63, 3.8) is 0 Å². The minimum atomic E-state index is -0.266. The zero-order valence-corrected chi connectivity index (χ0v) is 15.2. The third kappa shape index (κ3) is 2.77. The molecule has 5 rings (SSSR count). The third-order valence-electron chi connectivity index (χ3n) is 5.10. The molecule has 0 bridgehead atoms. The normalized spacial score (nSPS) is 15.3. The van der Waals surface area contributed by atoms with E-state index >= 15 is 0 Å². The molecule has 3 heterocycles. The zero-order valence-electron chi connectivity index (χ0n) is 15.2. The Labute approximate surface area is 155 Å². The Balaban J connectivity index is 1.49. The predicted molar refractivity (Wildman–Crippen MR) is 101 cm³/mol. The molecule has 6 nitrogen and oxygen atoms in total. The highest BCUT2D eigenvalue weighted by atomic mass is 16.5. The van der Waals surface area contributed by atoms with Crippen molar-refractivity contribution >= 4 is 28.0 Å². The van der Waals surface area contributed by atoms with Gasteiger partial charge >= 0.3 is 0 Å². The average Bonchev–Trinajstić information content (AvgIpc) is 3.32. The van der Waals surface area contributed by atoms with Gasteiger partial charge in [-0.2, -0.15) is 0 Å². The largest absolute Gasteiger partial charge is 0.459 e. The van der Waals surface area contributed by atoms with E-state index in [0.717, 1.165) is 35.3 Å². The summed E-state index contributed by atoms with van der Waals surface area (Å²) in [4.78, 5) is 17.6. The van der Waals surface area contributed by atoms with Crippen LogP contribution in [0.1, 0.15) is 59.2 Å². The number of nitrogens with zero attached hydrogens (tertiary/aromatic N) is 2. The molecule has 0 aliphatic heterocycles. The number of furan rings is 1. The van der Waals surface area contributed by atoms with Gasteiger partial charge in [0.1, 0.15) is 11.3 Å². The van der Waals surface area contributed by atoms with Gasteiger partial charge in [0.2, 0.25) is 0 Å². The summed E-state index contributed by atoms with van der Waals surface area (Å²) in [7, 11) is 0. The fourth-order valence-corrected chi connectivity index (χ4v) is 3.44. The summed E-state index contributed by atoms with van der Waals surface area (Å²) in [5.41, 5.74) is 3.37. The van der Waals surface area contributed by atoms with E-state index in [1.54, 1.807) is 0 Å². The number of rotatable bonds is 4. The molecular formula is C21H19N3O3. The van der Waals surface area contributed by atoms with E-state index in [9.17, 15) is 4.79 Å². The monoisotopic (exact) mass is 361 g/mol. The van der Waals surface area contributed by atoms with E-state index in [4.69, 9.17) is 8.94 Å². The first-order chi connectivity index (χ1) is 13.1. The molecule has 1 fully saturated rings. The van der Waals surface area contributed by atoms with Crippen LogP contribution in [0.15, 0.2) is 45.3 Å². The summed E-state index contributed by atoms with van der Waals surface area (Å²) in [5, 5.41) is 8.72. The van der Waals surface area contributed by atoms with E-state index in [-0.39, 0.29) is 11.9 Å². The fourth-order valence-electron chi connectivity index (χ4n) is 3.44. The lowest BCUT2D eigenvalue weighted by atomic mass is 10.1. The molecule has 4 aromatic rings. The number of nitrogens with one attached hydrogen (secondary N) is 1. The maximum absolute atomic E-state index is 13.1. The first kappa shape index (κ1) is 16.1. The highest BCUT2D eigenvalue weighted by Crippen LogP contribution is 2.40. The quantitative estimate of drug-likeness (QED) is 0.572. The molecule has 6 heteroatoms. The highest BCUT2D eigenvalue weighted by molar-refractivity contribution is 6.06. The number of amides is 1. The summed E-state index contributed by atoms with van der Waals surface area (Å²) in [5.74, 6) is 0.960. The van der Waals surface area contributed by atoms with E-state index in [1.165, 1.54) is 0 Å². The number of aryl methyl sites for hydroxylation is 1. The number of pyridine rings is 1. The molecule has 27 heavy (non-hydrogen) atoms. The van der Waals surface area contributed by atoms with Gasteiger partial charge in [0.05, 0.1) is 22.7 Å². The van der Waals surface area contributed by atoms with Crippen molar-refractivity contribution in [1.29, 1.82) is 0 Å². The second-order valence-corrected chi connectivity index (χ2v) is 7.20. The molecule has 0 saturated heterocycles. The van der Waals surface area contributed by atoms with Gasteiger partial charge in [-0.15, -0.1) is 0 Å². The number of carbonyl (C=O) groups is 1.